The van der Waals surface area contributed by atoms with Crippen LogP contribution in [0, 0.1) is 48.6 Å². The molecule has 292 valence electrons. The third kappa shape index (κ3) is 6.08. The number of imidazole rings is 2. The number of aryl methyl sites for hydroxylation is 2. The number of rotatable bonds is 5. The fourth-order valence-electron chi connectivity index (χ4n) is 10.7. The van der Waals surface area contributed by atoms with Crippen molar-refractivity contribution < 1.29 is 30.2 Å². The van der Waals surface area contributed by atoms with Crippen LogP contribution in [0.4, 0.5) is 0 Å². The Labute approximate surface area is 352 Å². The molecule has 4 aromatic carbocycles. The van der Waals surface area contributed by atoms with E-state index in [2.05, 4.69) is 105 Å². The minimum atomic E-state index is 0. The summed E-state index contributed by atoms with van der Waals surface area (Å²) < 4.78 is 17.6. The van der Waals surface area contributed by atoms with Crippen molar-refractivity contribution in [1.82, 2.24) is 23.9 Å². The number of fused-ring (bicyclic) bond motifs is 9. The van der Waals surface area contributed by atoms with Gasteiger partial charge in [-0.05, 0) is 126 Å². The van der Waals surface area contributed by atoms with E-state index in [9.17, 15) is 0 Å². The zero-order chi connectivity index (χ0) is 38.8. The third-order valence-electron chi connectivity index (χ3n) is 12.8. The Morgan fingerprint density at radius 1 is 0.759 bits per heavy atom. The maximum absolute atomic E-state index is 6.82. The SMILES string of the molecule is Cc1cnc(-n2c3[c-]c(Oc4[c-]c(-c5cc6c(cn5)CC(C5CC(C)(C)CC(C)(C)C5)C6)cc5c4oc4ccccc45)ccc3n3c4ccccc4nc23)cc1C.[Pt+2]. The Hall–Kier alpha value is -5.26. The first-order valence-corrected chi connectivity index (χ1v) is 20.3. The minimum Gasteiger partial charge on any atom is -0.499 e. The van der Waals surface area contributed by atoms with E-state index in [-0.39, 0.29) is 21.1 Å². The van der Waals surface area contributed by atoms with E-state index >= 15 is 0 Å². The molecule has 0 bridgehead atoms. The molecule has 1 atom stereocenters. The number of benzene rings is 4. The average Bonchev–Trinajstić information content (AvgIpc) is 3.94. The van der Waals surface area contributed by atoms with E-state index in [0.29, 0.717) is 33.8 Å². The summed E-state index contributed by atoms with van der Waals surface area (Å²) in [6.07, 6.45) is 10.1. The van der Waals surface area contributed by atoms with Gasteiger partial charge in [0.2, 0.25) is 5.78 Å². The number of nitrogens with zero attached hydrogens (tertiary/aromatic N) is 5. The molecule has 0 N–H and O–H groups in total. The molecule has 5 heterocycles. The van der Waals surface area contributed by atoms with E-state index in [1.54, 1.807) is 0 Å². The van der Waals surface area contributed by atoms with E-state index in [0.717, 1.165) is 91.2 Å². The van der Waals surface area contributed by atoms with Crippen molar-refractivity contribution in [2.75, 3.05) is 0 Å². The third-order valence-corrected chi connectivity index (χ3v) is 12.8. The molecule has 2 aliphatic carbocycles. The second-order valence-corrected chi connectivity index (χ2v) is 18.4. The fraction of sp³-hybridized carbons (Fsp3) is 0.300. The van der Waals surface area contributed by atoms with Crippen LogP contribution < -0.4 is 4.74 Å². The first-order chi connectivity index (χ1) is 27.5. The van der Waals surface area contributed by atoms with Crippen molar-refractivity contribution in [3.8, 4) is 28.6 Å². The summed E-state index contributed by atoms with van der Waals surface area (Å²) in [4.78, 5) is 15.0. The molecule has 0 spiro atoms. The molecule has 11 rings (SSSR count). The van der Waals surface area contributed by atoms with Gasteiger partial charge in [0, 0.05) is 23.5 Å². The second kappa shape index (κ2) is 13.4. The van der Waals surface area contributed by atoms with Crippen LogP contribution in [-0.4, -0.2) is 23.9 Å². The molecular weight excluding hydrogens is 898 g/mol. The van der Waals surface area contributed by atoms with Crippen LogP contribution in [0.2, 0.25) is 0 Å². The van der Waals surface area contributed by atoms with Gasteiger partial charge in [-0.25, -0.2) is 9.97 Å². The monoisotopic (exact) mass is 942 g/mol. The van der Waals surface area contributed by atoms with Gasteiger partial charge in [-0.2, -0.15) is 0 Å². The standard InChI is InChI=1S/C50H45N5O2.Pt/c1-29-17-46(52-26-30(29)2)55-43-23-36(15-16-42(43)54-41-13-9-8-12-39(41)53-48(54)55)56-45-22-33(20-38-37-11-7-10-14-44(37)57-47(38)45)40-21-32-18-31(19-34(32)27-51-40)35-24-49(3,4)28-50(5,6)25-35;/h7-17,20-21,26-27,31,35H,18-19,24-25,28H2,1-6H3;/q-2;+2. The van der Waals surface area contributed by atoms with Crippen molar-refractivity contribution in [3.05, 3.63) is 126 Å². The number of ether oxygens (including phenoxy) is 1. The number of pyridine rings is 2. The number of hydrogen-bond acceptors (Lipinski definition) is 5. The van der Waals surface area contributed by atoms with Crippen molar-refractivity contribution in [1.29, 1.82) is 0 Å². The molecule has 0 amide bonds. The fourth-order valence-corrected chi connectivity index (χ4v) is 10.7. The Kier molecular flexibility index (Phi) is 8.55. The van der Waals surface area contributed by atoms with Crippen LogP contribution in [0.5, 0.6) is 11.5 Å². The van der Waals surface area contributed by atoms with Gasteiger partial charge < -0.3 is 18.5 Å². The first kappa shape index (κ1) is 37.0. The molecular formula is C50H45N5O2Pt. The van der Waals surface area contributed by atoms with Crippen molar-refractivity contribution in [2.24, 2.45) is 22.7 Å². The molecule has 1 saturated carbocycles. The molecule has 9 aromatic rings. The average molecular weight is 943 g/mol. The van der Waals surface area contributed by atoms with Gasteiger partial charge in [-0.15, -0.1) is 29.8 Å². The maximum Gasteiger partial charge on any atom is 2.00 e. The Morgan fingerprint density at radius 2 is 1.53 bits per heavy atom. The van der Waals surface area contributed by atoms with Crippen LogP contribution >= 0.6 is 0 Å². The van der Waals surface area contributed by atoms with Gasteiger partial charge >= 0.3 is 21.1 Å². The first-order valence-electron chi connectivity index (χ1n) is 20.3. The molecule has 0 saturated heterocycles. The van der Waals surface area contributed by atoms with Gasteiger partial charge in [0.1, 0.15) is 11.4 Å². The smallest absolute Gasteiger partial charge is 0.499 e. The summed E-state index contributed by atoms with van der Waals surface area (Å²) in [5.41, 5.74) is 12.8. The molecule has 1 unspecified atom stereocenters. The van der Waals surface area contributed by atoms with Crippen LogP contribution in [-0.2, 0) is 33.9 Å². The quantitative estimate of drug-likeness (QED) is 0.161. The Bertz CT molecular complexity index is 3080. The van der Waals surface area contributed by atoms with Crippen LogP contribution in [0.25, 0.3) is 66.9 Å². The van der Waals surface area contributed by atoms with Gasteiger partial charge in [-0.3, -0.25) is 4.57 Å². The van der Waals surface area contributed by atoms with E-state index in [4.69, 9.17) is 24.1 Å². The molecule has 0 aliphatic heterocycles. The van der Waals surface area contributed by atoms with E-state index < -0.39 is 0 Å². The van der Waals surface area contributed by atoms with Crippen molar-refractivity contribution >= 4 is 49.8 Å². The molecule has 0 radical (unpaired) electrons. The summed E-state index contributed by atoms with van der Waals surface area (Å²) in [5, 5.41) is 1.99. The predicted molar refractivity (Wildman–Crippen MR) is 227 cm³/mol. The Morgan fingerprint density at radius 3 is 2.36 bits per heavy atom. The van der Waals surface area contributed by atoms with Crippen LogP contribution in [0.3, 0.4) is 0 Å². The van der Waals surface area contributed by atoms with E-state index in [1.165, 1.54) is 30.4 Å². The summed E-state index contributed by atoms with van der Waals surface area (Å²) >= 11 is 0. The zero-order valence-electron chi connectivity index (χ0n) is 33.7. The van der Waals surface area contributed by atoms with Crippen LogP contribution in [0.15, 0.2) is 95.7 Å². The van der Waals surface area contributed by atoms with Gasteiger partial charge in [0.25, 0.3) is 0 Å². The molecule has 7 nitrogen and oxygen atoms in total. The van der Waals surface area contributed by atoms with E-state index in [1.807, 2.05) is 48.7 Å². The van der Waals surface area contributed by atoms with Gasteiger partial charge in [0.05, 0.1) is 22.4 Å². The molecule has 5 aromatic heterocycles. The van der Waals surface area contributed by atoms with Gasteiger partial charge in [-0.1, -0.05) is 81.1 Å². The number of hydrogen-bond donors (Lipinski definition) is 0. The second-order valence-electron chi connectivity index (χ2n) is 18.4. The van der Waals surface area contributed by atoms with Crippen LogP contribution in [0.1, 0.15) is 69.2 Å². The number of aromatic nitrogens is 5. The molecule has 2 aliphatic rings. The minimum absolute atomic E-state index is 0. The predicted octanol–water partition coefficient (Wildman–Crippen LogP) is 12.4. The van der Waals surface area contributed by atoms with Crippen molar-refractivity contribution in [2.45, 2.75) is 73.6 Å². The summed E-state index contributed by atoms with van der Waals surface area (Å²) in [7, 11) is 0. The molecule has 1 fully saturated rings. The molecule has 8 heteroatoms. The number of para-hydroxylation sites is 3. The van der Waals surface area contributed by atoms with Gasteiger partial charge in [0.15, 0.2) is 0 Å². The normalized spacial score (nSPS) is 17.7. The number of furan rings is 1. The molecule has 58 heavy (non-hydrogen) atoms. The van der Waals surface area contributed by atoms with Crippen molar-refractivity contribution in [3.63, 3.8) is 0 Å². The largest absolute Gasteiger partial charge is 2.00 e. The summed E-state index contributed by atoms with van der Waals surface area (Å²) in [5.74, 6) is 3.96. The topological polar surface area (TPSA) is 70.4 Å². The summed E-state index contributed by atoms with van der Waals surface area (Å²) in [6.45, 7) is 14.0. The Balaban J connectivity index is 0.00000408. The maximum atomic E-state index is 6.82. The summed E-state index contributed by atoms with van der Waals surface area (Å²) in [6, 6.07) is 34.2. The zero-order valence-corrected chi connectivity index (χ0v) is 36.0.